The Labute approximate surface area is 89.7 Å². The lowest BCUT2D eigenvalue weighted by molar-refractivity contribution is 0.00430. The van der Waals surface area contributed by atoms with Crippen molar-refractivity contribution in [3.8, 4) is 0 Å². The van der Waals surface area contributed by atoms with Gasteiger partial charge in [0.1, 0.15) is 5.76 Å². The van der Waals surface area contributed by atoms with Crippen molar-refractivity contribution in [2.45, 2.75) is 44.2 Å². The Morgan fingerprint density at radius 3 is 2.87 bits per heavy atom. The molecule has 2 N–H and O–H groups in total. The molecule has 0 spiro atoms. The molecule has 1 aromatic rings. The van der Waals surface area contributed by atoms with Gasteiger partial charge in [-0.25, -0.2) is 0 Å². The predicted octanol–water partition coefficient (Wildman–Crippen LogP) is 1.46. The van der Waals surface area contributed by atoms with E-state index in [1.54, 1.807) is 6.20 Å². The Morgan fingerprint density at radius 2 is 2.20 bits per heavy atom. The average molecular weight is 210 g/mol. The molecule has 1 heterocycles. The second kappa shape index (κ2) is 4.77. The highest BCUT2D eigenvalue weighted by atomic mass is 16.5. The van der Waals surface area contributed by atoms with Crippen LogP contribution in [0, 0.1) is 0 Å². The van der Waals surface area contributed by atoms with Crippen LogP contribution in [0.5, 0.6) is 0 Å². The molecule has 0 atom stereocenters. The van der Waals surface area contributed by atoms with Gasteiger partial charge in [-0.05, 0) is 12.8 Å². The van der Waals surface area contributed by atoms with Crippen molar-refractivity contribution in [1.29, 1.82) is 0 Å². The molecule has 0 radical (unpaired) electrons. The molecule has 2 rings (SSSR count). The van der Waals surface area contributed by atoms with E-state index in [0.717, 1.165) is 31.4 Å². The van der Waals surface area contributed by atoms with Gasteiger partial charge in [-0.15, -0.1) is 0 Å². The third-order valence-corrected chi connectivity index (χ3v) is 3.03. The second-order valence-electron chi connectivity index (χ2n) is 4.37. The summed E-state index contributed by atoms with van der Waals surface area (Å²) in [5.41, 5.74) is -0.502. The largest absolute Gasteiger partial charge is 0.389 e. The smallest absolute Gasteiger partial charge is 0.150 e. The molecule has 15 heavy (non-hydrogen) atoms. The number of aliphatic hydroxyl groups is 1. The lowest BCUT2D eigenvalue weighted by Gasteiger charge is -2.32. The fourth-order valence-corrected chi connectivity index (χ4v) is 2.14. The minimum atomic E-state index is -0.502. The minimum absolute atomic E-state index is 0.502. The molecule has 84 valence electrons. The van der Waals surface area contributed by atoms with Gasteiger partial charge in [-0.2, -0.15) is 0 Å². The number of hydrogen-bond donors (Lipinski definition) is 2. The Kier molecular flexibility index (Phi) is 3.38. The molecule has 0 aromatic carbocycles. The molecule has 0 saturated heterocycles. The normalized spacial score (nSPS) is 20.3. The summed E-state index contributed by atoms with van der Waals surface area (Å²) in [5.74, 6) is 0.814. The fraction of sp³-hybridized carbons (Fsp3) is 0.727. The first-order valence-electron chi connectivity index (χ1n) is 5.61. The SMILES string of the molecule is OC1(CNCc2ccno2)CCCCC1. The summed E-state index contributed by atoms with van der Waals surface area (Å²) in [7, 11) is 0. The van der Waals surface area contributed by atoms with E-state index in [2.05, 4.69) is 10.5 Å². The van der Waals surface area contributed by atoms with Crippen molar-refractivity contribution in [3.63, 3.8) is 0 Å². The summed E-state index contributed by atoms with van der Waals surface area (Å²) >= 11 is 0. The molecule has 1 aliphatic carbocycles. The molecule has 4 nitrogen and oxygen atoms in total. The van der Waals surface area contributed by atoms with Crippen molar-refractivity contribution >= 4 is 0 Å². The maximum absolute atomic E-state index is 10.2. The molecule has 1 aromatic heterocycles. The van der Waals surface area contributed by atoms with Gasteiger partial charge in [0.05, 0.1) is 18.3 Å². The molecule has 1 fully saturated rings. The van der Waals surface area contributed by atoms with Gasteiger partial charge in [0.2, 0.25) is 0 Å². The molecule has 0 unspecified atom stereocenters. The summed E-state index contributed by atoms with van der Waals surface area (Å²) in [6, 6.07) is 1.83. The van der Waals surface area contributed by atoms with Crippen LogP contribution in [0.1, 0.15) is 37.9 Å². The van der Waals surface area contributed by atoms with Gasteiger partial charge in [0.25, 0.3) is 0 Å². The topological polar surface area (TPSA) is 58.3 Å². The minimum Gasteiger partial charge on any atom is -0.389 e. The van der Waals surface area contributed by atoms with Gasteiger partial charge in [-0.1, -0.05) is 24.4 Å². The first-order chi connectivity index (χ1) is 7.29. The third kappa shape index (κ3) is 3.04. The van der Waals surface area contributed by atoms with Crippen LogP contribution in [-0.2, 0) is 6.54 Å². The zero-order valence-electron chi connectivity index (χ0n) is 8.91. The highest BCUT2D eigenvalue weighted by molar-refractivity contribution is 4.93. The van der Waals surface area contributed by atoms with Crippen molar-refractivity contribution in [2.24, 2.45) is 0 Å². The molecule has 4 heteroatoms. The standard InChI is InChI=1S/C11H18N2O2/c14-11(5-2-1-3-6-11)9-12-8-10-4-7-13-15-10/h4,7,12,14H,1-3,5-6,8-9H2. The summed E-state index contributed by atoms with van der Waals surface area (Å²) in [5, 5.41) is 17.0. The lowest BCUT2D eigenvalue weighted by atomic mass is 9.85. The maximum atomic E-state index is 10.2. The number of nitrogens with zero attached hydrogens (tertiary/aromatic N) is 1. The van der Waals surface area contributed by atoms with Gasteiger partial charge >= 0.3 is 0 Å². The van der Waals surface area contributed by atoms with Crippen molar-refractivity contribution < 1.29 is 9.63 Å². The Balaban J connectivity index is 1.72. The molecule has 0 aliphatic heterocycles. The quantitative estimate of drug-likeness (QED) is 0.790. The Bertz CT molecular complexity index is 279. The zero-order chi connectivity index (χ0) is 10.6. The highest BCUT2D eigenvalue weighted by Gasteiger charge is 2.28. The Hall–Kier alpha value is -0.870. The van der Waals surface area contributed by atoms with E-state index in [1.807, 2.05) is 6.07 Å². The van der Waals surface area contributed by atoms with Crippen LogP contribution in [-0.4, -0.2) is 22.4 Å². The summed E-state index contributed by atoms with van der Waals surface area (Å²) < 4.78 is 4.96. The van der Waals surface area contributed by atoms with E-state index in [9.17, 15) is 5.11 Å². The van der Waals surface area contributed by atoms with Crippen LogP contribution in [0.2, 0.25) is 0 Å². The molecule has 1 saturated carbocycles. The first kappa shape index (κ1) is 10.6. The number of hydrogen-bond acceptors (Lipinski definition) is 4. The molecule has 1 aliphatic rings. The highest BCUT2D eigenvalue weighted by Crippen LogP contribution is 2.27. The van der Waals surface area contributed by atoms with E-state index >= 15 is 0 Å². The predicted molar refractivity (Wildman–Crippen MR) is 56.2 cm³/mol. The van der Waals surface area contributed by atoms with Crippen LogP contribution < -0.4 is 5.32 Å². The average Bonchev–Trinajstić information content (AvgIpc) is 2.71. The van der Waals surface area contributed by atoms with Gasteiger partial charge in [-0.3, -0.25) is 0 Å². The zero-order valence-corrected chi connectivity index (χ0v) is 8.91. The fourth-order valence-electron chi connectivity index (χ4n) is 2.14. The van der Waals surface area contributed by atoms with Gasteiger partial charge in [0, 0.05) is 12.6 Å². The molecular formula is C11H18N2O2. The lowest BCUT2D eigenvalue weighted by Crippen LogP contribution is -2.41. The molecular weight excluding hydrogens is 192 g/mol. The van der Waals surface area contributed by atoms with E-state index in [0.29, 0.717) is 13.1 Å². The number of aromatic nitrogens is 1. The second-order valence-corrected chi connectivity index (χ2v) is 4.37. The van der Waals surface area contributed by atoms with Crippen LogP contribution in [0.3, 0.4) is 0 Å². The number of rotatable bonds is 4. The van der Waals surface area contributed by atoms with Crippen LogP contribution in [0.15, 0.2) is 16.8 Å². The first-order valence-corrected chi connectivity index (χ1v) is 5.61. The van der Waals surface area contributed by atoms with E-state index in [1.165, 1.54) is 6.42 Å². The monoisotopic (exact) mass is 210 g/mol. The van der Waals surface area contributed by atoms with Crippen LogP contribution >= 0.6 is 0 Å². The van der Waals surface area contributed by atoms with Gasteiger partial charge in [0.15, 0.2) is 0 Å². The Morgan fingerprint density at radius 1 is 1.40 bits per heavy atom. The van der Waals surface area contributed by atoms with Crippen molar-refractivity contribution in [2.75, 3.05) is 6.54 Å². The summed E-state index contributed by atoms with van der Waals surface area (Å²) in [6.07, 6.45) is 6.99. The van der Waals surface area contributed by atoms with Gasteiger partial charge < -0.3 is 14.9 Å². The van der Waals surface area contributed by atoms with E-state index < -0.39 is 5.60 Å². The van der Waals surface area contributed by atoms with Crippen molar-refractivity contribution in [3.05, 3.63) is 18.0 Å². The van der Waals surface area contributed by atoms with Crippen molar-refractivity contribution in [1.82, 2.24) is 10.5 Å². The van der Waals surface area contributed by atoms with Crippen LogP contribution in [0.25, 0.3) is 0 Å². The van der Waals surface area contributed by atoms with Crippen LogP contribution in [0.4, 0.5) is 0 Å². The summed E-state index contributed by atoms with van der Waals surface area (Å²) in [6.45, 7) is 1.29. The number of nitrogens with one attached hydrogen (secondary N) is 1. The van der Waals surface area contributed by atoms with E-state index in [-0.39, 0.29) is 0 Å². The molecule has 0 amide bonds. The molecule has 0 bridgehead atoms. The maximum Gasteiger partial charge on any atom is 0.150 e. The third-order valence-electron chi connectivity index (χ3n) is 3.03. The summed E-state index contributed by atoms with van der Waals surface area (Å²) in [4.78, 5) is 0. The van der Waals surface area contributed by atoms with E-state index in [4.69, 9.17) is 4.52 Å².